The largest absolute Gasteiger partial charge is 0.505 e. The SMILES string of the molecule is CC1=C[C@@H]2C[C@H](C)CC[C@@H]2[C@](C)(C(=O)c2c(O)c(CO)n(C)c2O)[C@H]1/C=C/C=C/C[C@@H](C)O. The molecule has 33 heavy (non-hydrogen) atoms. The van der Waals surface area contributed by atoms with Gasteiger partial charge in [-0.2, -0.15) is 0 Å². The standard InChI is InChI=1S/C27H39NO5/c1-16-11-12-21-19(13-16)14-17(2)20(10-8-6-7-9-18(3)30)27(21,4)25(32)23-24(31)22(15-29)28(5)26(23)33/h6-8,10,14,16,18-21,29-31,33H,9,11-13,15H2,1-5H3/b7-6+,10-8+/t16-,18-,19+,20+,21+,27-/m1/s1. The highest BCUT2D eigenvalue weighted by molar-refractivity contribution is 6.06. The Labute approximate surface area is 197 Å². The van der Waals surface area contributed by atoms with E-state index in [9.17, 15) is 25.2 Å². The molecule has 3 rings (SSSR count). The third-order valence-electron chi connectivity index (χ3n) is 7.90. The number of ketones is 1. The highest BCUT2D eigenvalue weighted by Crippen LogP contribution is 2.57. The minimum absolute atomic E-state index is 0.0811. The van der Waals surface area contributed by atoms with Crippen molar-refractivity contribution in [2.24, 2.45) is 36.1 Å². The van der Waals surface area contributed by atoms with E-state index in [4.69, 9.17) is 0 Å². The zero-order valence-electron chi connectivity index (χ0n) is 20.5. The molecule has 0 radical (unpaired) electrons. The summed E-state index contributed by atoms with van der Waals surface area (Å²) >= 11 is 0. The lowest BCUT2D eigenvalue weighted by Crippen LogP contribution is -2.49. The van der Waals surface area contributed by atoms with Gasteiger partial charge < -0.3 is 25.0 Å². The summed E-state index contributed by atoms with van der Waals surface area (Å²) < 4.78 is 1.28. The molecule has 182 valence electrons. The van der Waals surface area contributed by atoms with Crippen LogP contribution in [-0.4, -0.2) is 36.9 Å². The molecule has 0 amide bonds. The molecular formula is C27H39NO5. The summed E-state index contributed by atoms with van der Waals surface area (Å²) in [6, 6.07) is 0. The molecule has 1 heterocycles. The number of fused-ring (bicyclic) bond motifs is 1. The van der Waals surface area contributed by atoms with Crippen molar-refractivity contribution in [1.82, 2.24) is 4.57 Å². The molecular weight excluding hydrogens is 418 g/mol. The first kappa shape index (κ1) is 25.3. The second-order valence-electron chi connectivity index (χ2n) is 10.3. The smallest absolute Gasteiger partial charge is 0.206 e. The van der Waals surface area contributed by atoms with Crippen molar-refractivity contribution in [2.75, 3.05) is 0 Å². The second-order valence-corrected chi connectivity index (χ2v) is 10.3. The van der Waals surface area contributed by atoms with Crippen molar-refractivity contribution >= 4 is 5.78 Å². The number of Topliss-reactive ketones (excluding diaryl/α,β-unsaturated/α-hetero) is 1. The van der Waals surface area contributed by atoms with Gasteiger partial charge in [-0.1, -0.05) is 56.2 Å². The fourth-order valence-corrected chi connectivity index (χ4v) is 6.05. The quantitative estimate of drug-likeness (QED) is 0.272. The van der Waals surface area contributed by atoms with Crippen LogP contribution in [0.4, 0.5) is 0 Å². The molecule has 1 aromatic heterocycles. The summed E-state index contributed by atoms with van der Waals surface area (Å²) in [4.78, 5) is 14.2. The van der Waals surface area contributed by atoms with Crippen LogP contribution in [0.1, 0.15) is 69.4 Å². The monoisotopic (exact) mass is 457 g/mol. The van der Waals surface area contributed by atoms with Gasteiger partial charge in [0.05, 0.1) is 18.4 Å². The van der Waals surface area contributed by atoms with Gasteiger partial charge in [-0.05, 0) is 50.9 Å². The number of carbonyl (C=O) groups is 1. The van der Waals surface area contributed by atoms with Gasteiger partial charge in [0.25, 0.3) is 0 Å². The molecule has 1 aromatic rings. The van der Waals surface area contributed by atoms with Gasteiger partial charge in [-0.25, -0.2) is 0 Å². The number of aliphatic hydroxyl groups excluding tert-OH is 2. The van der Waals surface area contributed by atoms with E-state index in [-0.39, 0.29) is 46.4 Å². The van der Waals surface area contributed by atoms with Gasteiger partial charge in [0.1, 0.15) is 5.56 Å². The third kappa shape index (κ3) is 4.56. The van der Waals surface area contributed by atoms with Gasteiger partial charge >= 0.3 is 0 Å². The number of allylic oxidation sites excluding steroid dienone is 5. The molecule has 1 saturated carbocycles. The highest BCUT2D eigenvalue weighted by atomic mass is 16.3. The number of aromatic nitrogens is 1. The van der Waals surface area contributed by atoms with E-state index >= 15 is 0 Å². The maximum absolute atomic E-state index is 14.2. The first-order valence-electron chi connectivity index (χ1n) is 12.0. The van der Waals surface area contributed by atoms with Crippen LogP contribution in [-0.2, 0) is 13.7 Å². The van der Waals surface area contributed by atoms with Crippen LogP contribution in [0.15, 0.2) is 36.0 Å². The zero-order valence-corrected chi connectivity index (χ0v) is 20.5. The topological polar surface area (TPSA) is 103 Å². The summed E-state index contributed by atoms with van der Waals surface area (Å²) in [5.41, 5.74) is 0.281. The molecule has 0 aliphatic heterocycles. The molecule has 2 aliphatic rings. The van der Waals surface area contributed by atoms with E-state index in [2.05, 4.69) is 19.9 Å². The number of hydrogen-bond acceptors (Lipinski definition) is 5. The lowest BCUT2D eigenvalue weighted by molar-refractivity contribution is 0.0326. The molecule has 6 nitrogen and oxygen atoms in total. The van der Waals surface area contributed by atoms with Gasteiger partial charge in [0, 0.05) is 18.4 Å². The fourth-order valence-electron chi connectivity index (χ4n) is 6.05. The predicted molar refractivity (Wildman–Crippen MR) is 129 cm³/mol. The molecule has 0 aromatic carbocycles. The molecule has 4 N–H and O–H groups in total. The predicted octanol–water partition coefficient (Wildman–Crippen LogP) is 4.63. The Morgan fingerprint density at radius 3 is 2.61 bits per heavy atom. The molecule has 1 fully saturated rings. The first-order chi connectivity index (χ1) is 15.5. The Balaban J connectivity index is 2.10. The van der Waals surface area contributed by atoms with Crippen molar-refractivity contribution in [1.29, 1.82) is 0 Å². The van der Waals surface area contributed by atoms with Gasteiger partial charge in [-0.15, -0.1) is 0 Å². The van der Waals surface area contributed by atoms with E-state index < -0.39 is 18.1 Å². The lowest BCUT2D eigenvalue weighted by atomic mass is 9.51. The van der Waals surface area contributed by atoms with Crippen molar-refractivity contribution in [3.63, 3.8) is 0 Å². The van der Waals surface area contributed by atoms with Gasteiger partial charge in [-0.3, -0.25) is 4.79 Å². The summed E-state index contributed by atoms with van der Waals surface area (Å²) in [7, 11) is 1.53. The molecule has 0 spiro atoms. The summed E-state index contributed by atoms with van der Waals surface area (Å²) in [6.45, 7) is 7.54. The van der Waals surface area contributed by atoms with Crippen LogP contribution < -0.4 is 0 Å². The van der Waals surface area contributed by atoms with Crippen molar-refractivity contribution in [3.8, 4) is 11.6 Å². The Morgan fingerprint density at radius 1 is 1.30 bits per heavy atom. The van der Waals surface area contributed by atoms with E-state index in [1.165, 1.54) is 11.6 Å². The minimum atomic E-state index is -0.860. The fraction of sp³-hybridized carbons (Fsp3) is 0.593. The number of rotatable bonds is 7. The Kier molecular flexibility index (Phi) is 7.59. The molecule has 0 bridgehead atoms. The number of carbonyl (C=O) groups excluding carboxylic acids is 1. The number of aliphatic hydroxyl groups is 2. The first-order valence-corrected chi connectivity index (χ1v) is 12.0. The molecule has 0 saturated heterocycles. The lowest BCUT2D eigenvalue weighted by Gasteiger charge is -2.51. The number of aromatic hydroxyl groups is 2. The van der Waals surface area contributed by atoms with Gasteiger partial charge in [0.2, 0.25) is 5.88 Å². The number of nitrogens with zero attached hydrogens (tertiary/aromatic N) is 1. The maximum Gasteiger partial charge on any atom is 0.206 e. The normalized spacial score (nSPS) is 31.1. The summed E-state index contributed by atoms with van der Waals surface area (Å²) in [5, 5.41) is 40.6. The van der Waals surface area contributed by atoms with Crippen LogP contribution in [0.25, 0.3) is 0 Å². The zero-order chi connectivity index (χ0) is 24.5. The van der Waals surface area contributed by atoms with Crippen LogP contribution in [0.3, 0.4) is 0 Å². The third-order valence-corrected chi connectivity index (χ3v) is 7.90. The van der Waals surface area contributed by atoms with E-state index in [1.807, 2.05) is 31.2 Å². The molecule has 6 atom stereocenters. The minimum Gasteiger partial charge on any atom is -0.505 e. The van der Waals surface area contributed by atoms with E-state index in [0.29, 0.717) is 12.3 Å². The van der Waals surface area contributed by atoms with Crippen LogP contribution in [0.5, 0.6) is 11.6 Å². The summed E-state index contributed by atoms with van der Waals surface area (Å²) in [5.74, 6) is -0.197. The van der Waals surface area contributed by atoms with Crippen LogP contribution in [0, 0.1) is 29.1 Å². The van der Waals surface area contributed by atoms with Gasteiger partial charge in [0.15, 0.2) is 11.5 Å². The van der Waals surface area contributed by atoms with Crippen molar-refractivity contribution < 1.29 is 25.2 Å². The number of hydrogen-bond donors (Lipinski definition) is 4. The van der Waals surface area contributed by atoms with E-state index in [0.717, 1.165) is 24.8 Å². The second kappa shape index (κ2) is 9.90. The average molecular weight is 458 g/mol. The Bertz CT molecular complexity index is 970. The molecule has 2 aliphatic carbocycles. The maximum atomic E-state index is 14.2. The van der Waals surface area contributed by atoms with Crippen molar-refractivity contribution in [3.05, 3.63) is 47.2 Å². The van der Waals surface area contributed by atoms with Crippen molar-refractivity contribution in [2.45, 2.75) is 66.1 Å². The van der Waals surface area contributed by atoms with Crippen LogP contribution >= 0.6 is 0 Å². The molecule has 6 heteroatoms. The Hall–Kier alpha value is -2.31. The molecule has 0 unspecified atom stereocenters. The summed E-state index contributed by atoms with van der Waals surface area (Å²) in [6.07, 6.45) is 13.2. The average Bonchev–Trinajstić information content (AvgIpc) is 2.96. The Morgan fingerprint density at radius 2 is 2.00 bits per heavy atom. The highest BCUT2D eigenvalue weighted by Gasteiger charge is 2.54. The van der Waals surface area contributed by atoms with Crippen LogP contribution in [0.2, 0.25) is 0 Å². The van der Waals surface area contributed by atoms with E-state index in [1.54, 1.807) is 6.92 Å².